The number of thiocarbonyl (C=S) groups is 1. The van der Waals surface area contributed by atoms with E-state index in [1.807, 2.05) is 62.4 Å². The van der Waals surface area contributed by atoms with Gasteiger partial charge in [-0.05, 0) is 55.7 Å². The van der Waals surface area contributed by atoms with Crippen molar-refractivity contribution in [3.8, 4) is 11.5 Å². The van der Waals surface area contributed by atoms with Gasteiger partial charge >= 0.3 is 0 Å². The van der Waals surface area contributed by atoms with Crippen LogP contribution < -0.4 is 9.47 Å². The quantitative estimate of drug-likeness (QED) is 0.261. The lowest BCUT2D eigenvalue weighted by Gasteiger charge is -2.14. The van der Waals surface area contributed by atoms with Gasteiger partial charge in [0.1, 0.15) is 10.9 Å². The number of aryl methyl sites for hydroxylation is 2. The van der Waals surface area contributed by atoms with E-state index in [1.165, 1.54) is 22.9 Å². The average molecular weight is 490 g/mol. The van der Waals surface area contributed by atoms with Gasteiger partial charge in [-0.25, -0.2) is 0 Å². The minimum Gasteiger partial charge on any atom is -0.490 e. The van der Waals surface area contributed by atoms with Gasteiger partial charge in [0.15, 0.2) is 11.5 Å². The number of rotatable bonds is 8. The predicted octanol–water partition coefficient (Wildman–Crippen LogP) is 6.68. The summed E-state index contributed by atoms with van der Waals surface area (Å²) in [5.74, 6) is 1.25. The molecule has 4 nitrogen and oxygen atoms in total. The van der Waals surface area contributed by atoms with E-state index in [9.17, 15) is 4.79 Å². The van der Waals surface area contributed by atoms with E-state index in [1.54, 1.807) is 4.90 Å². The number of hydrogen-bond acceptors (Lipinski definition) is 5. The molecule has 34 heavy (non-hydrogen) atoms. The molecule has 6 heteroatoms. The maximum atomic E-state index is 13.0. The second-order valence-electron chi connectivity index (χ2n) is 8.17. The molecule has 1 aliphatic heterocycles. The van der Waals surface area contributed by atoms with Gasteiger partial charge in [0, 0.05) is 0 Å². The van der Waals surface area contributed by atoms with Crippen LogP contribution in [-0.2, 0) is 17.9 Å². The van der Waals surface area contributed by atoms with Crippen LogP contribution in [0.2, 0.25) is 0 Å². The molecule has 1 amide bonds. The molecule has 0 aromatic heterocycles. The standard InChI is InChI=1S/C28H27NO3S2/c1-4-31-25-15-23(13-14-24(25)32-18-22-11-7-20(3)8-12-22)16-26-27(30)29(28(33)34-26)17-21-9-5-19(2)6-10-21/h5-16H,4,17-18H2,1-3H3. The van der Waals surface area contributed by atoms with E-state index in [-0.39, 0.29) is 5.91 Å². The van der Waals surface area contributed by atoms with E-state index in [2.05, 4.69) is 31.2 Å². The largest absolute Gasteiger partial charge is 0.490 e. The van der Waals surface area contributed by atoms with Crippen molar-refractivity contribution in [2.24, 2.45) is 0 Å². The Labute approximate surface area is 210 Å². The molecule has 0 atom stereocenters. The first-order chi connectivity index (χ1) is 16.4. The van der Waals surface area contributed by atoms with Crippen LogP contribution in [0.3, 0.4) is 0 Å². The number of carbonyl (C=O) groups is 1. The fourth-order valence-electron chi connectivity index (χ4n) is 3.51. The predicted molar refractivity (Wildman–Crippen MR) is 143 cm³/mol. The number of amides is 1. The summed E-state index contributed by atoms with van der Waals surface area (Å²) in [4.78, 5) is 15.3. The number of benzene rings is 3. The van der Waals surface area contributed by atoms with Crippen LogP contribution in [0.5, 0.6) is 11.5 Å². The van der Waals surface area contributed by atoms with Crippen LogP contribution in [0, 0.1) is 13.8 Å². The van der Waals surface area contributed by atoms with Crippen LogP contribution in [-0.4, -0.2) is 21.7 Å². The number of hydrogen-bond donors (Lipinski definition) is 0. The fraction of sp³-hybridized carbons (Fsp3) is 0.214. The number of carbonyl (C=O) groups excluding carboxylic acids is 1. The van der Waals surface area contributed by atoms with Crippen molar-refractivity contribution in [3.05, 3.63) is 99.5 Å². The molecule has 1 saturated heterocycles. The Hall–Kier alpha value is -3.09. The molecule has 1 aliphatic rings. The summed E-state index contributed by atoms with van der Waals surface area (Å²) < 4.78 is 12.4. The second kappa shape index (κ2) is 10.9. The maximum absolute atomic E-state index is 13.0. The zero-order chi connectivity index (χ0) is 24.1. The van der Waals surface area contributed by atoms with Gasteiger partial charge in [0.25, 0.3) is 5.91 Å². The normalized spacial score (nSPS) is 14.7. The summed E-state index contributed by atoms with van der Waals surface area (Å²) in [6.45, 7) is 7.49. The molecular formula is C28H27NO3S2. The first-order valence-electron chi connectivity index (χ1n) is 11.2. The monoisotopic (exact) mass is 489 g/mol. The van der Waals surface area contributed by atoms with E-state index in [0.29, 0.717) is 40.5 Å². The topological polar surface area (TPSA) is 38.8 Å². The molecule has 0 bridgehead atoms. The van der Waals surface area contributed by atoms with E-state index in [4.69, 9.17) is 21.7 Å². The summed E-state index contributed by atoms with van der Waals surface area (Å²) in [6.07, 6.45) is 1.86. The molecule has 0 N–H and O–H groups in total. The Kier molecular flexibility index (Phi) is 7.70. The van der Waals surface area contributed by atoms with E-state index in [0.717, 1.165) is 16.7 Å². The molecule has 3 aromatic carbocycles. The molecule has 0 saturated carbocycles. The maximum Gasteiger partial charge on any atom is 0.266 e. The van der Waals surface area contributed by atoms with Gasteiger partial charge in [-0.1, -0.05) is 89.7 Å². The zero-order valence-corrected chi connectivity index (χ0v) is 21.2. The van der Waals surface area contributed by atoms with Gasteiger partial charge in [-0.3, -0.25) is 9.69 Å². The third-order valence-corrected chi connectivity index (χ3v) is 6.79. The lowest BCUT2D eigenvalue weighted by atomic mass is 10.1. The van der Waals surface area contributed by atoms with Crippen LogP contribution in [0.25, 0.3) is 6.08 Å². The van der Waals surface area contributed by atoms with Crippen LogP contribution in [0.1, 0.15) is 34.7 Å². The summed E-state index contributed by atoms with van der Waals surface area (Å²) >= 11 is 6.82. The van der Waals surface area contributed by atoms with Gasteiger partial charge in [-0.15, -0.1) is 0 Å². The summed E-state index contributed by atoms with van der Waals surface area (Å²) in [5, 5.41) is 0. The molecule has 174 valence electrons. The minimum absolute atomic E-state index is 0.0757. The van der Waals surface area contributed by atoms with E-state index < -0.39 is 0 Å². The van der Waals surface area contributed by atoms with Crippen molar-refractivity contribution in [1.82, 2.24) is 4.90 Å². The molecular weight excluding hydrogens is 462 g/mol. The SMILES string of the molecule is CCOc1cc(C=C2SC(=S)N(Cc3ccc(C)cc3)C2=O)ccc1OCc1ccc(C)cc1. The highest BCUT2D eigenvalue weighted by Crippen LogP contribution is 2.36. The first kappa shape index (κ1) is 24.0. The van der Waals surface area contributed by atoms with Gasteiger partial charge in [-0.2, -0.15) is 0 Å². The van der Waals surface area contributed by atoms with Crippen molar-refractivity contribution in [2.75, 3.05) is 6.61 Å². The molecule has 1 heterocycles. The van der Waals surface area contributed by atoms with Crippen LogP contribution in [0.4, 0.5) is 0 Å². The Bertz CT molecular complexity index is 1220. The van der Waals surface area contributed by atoms with Crippen molar-refractivity contribution < 1.29 is 14.3 Å². The highest BCUT2D eigenvalue weighted by Gasteiger charge is 2.32. The Balaban J connectivity index is 1.49. The highest BCUT2D eigenvalue weighted by atomic mass is 32.2. The Morgan fingerprint density at radius 2 is 1.53 bits per heavy atom. The third-order valence-electron chi connectivity index (χ3n) is 5.42. The van der Waals surface area contributed by atoms with Crippen LogP contribution >= 0.6 is 24.0 Å². The summed E-state index contributed by atoms with van der Waals surface area (Å²) in [6, 6.07) is 22.1. The number of thioether (sulfide) groups is 1. The summed E-state index contributed by atoms with van der Waals surface area (Å²) in [5.41, 5.74) is 5.41. The Morgan fingerprint density at radius 1 is 0.882 bits per heavy atom. The highest BCUT2D eigenvalue weighted by molar-refractivity contribution is 8.26. The smallest absolute Gasteiger partial charge is 0.266 e. The van der Waals surface area contributed by atoms with Gasteiger partial charge in [0.05, 0.1) is 18.1 Å². The van der Waals surface area contributed by atoms with Crippen molar-refractivity contribution in [3.63, 3.8) is 0 Å². The third kappa shape index (κ3) is 5.88. The number of ether oxygens (including phenoxy) is 2. The van der Waals surface area contributed by atoms with Crippen molar-refractivity contribution in [2.45, 2.75) is 33.9 Å². The summed E-state index contributed by atoms with van der Waals surface area (Å²) in [7, 11) is 0. The minimum atomic E-state index is -0.0757. The van der Waals surface area contributed by atoms with E-state index >= 15 is 0 Å². The van der Waals surface area contributed by atoms with Crippen molar-refractivity contribution in [1.29, 1.82) is 0 Å². The van der Waals surface area contributed by atoms with Crippen LogP contribution in [0.15, 0.2) is 71.6 Å². The lowest BCUT2D eigenvalue weighted by molar-refractivity contribution is -0.122. The molecule has 1 fully saturated rings. The number of nitrogens with zero attached hydrogens (tertiary/aromatic N) is 1. The average Bonchev–Trinajstić information content (AvgIpc) is 3.08. The zero-order valence-electron chi connectivity index (χ0n) is 19.5. The molecule has 0 unspecified atom stereocenters. The molecule has 4 rings (SSSR count). The second-order valence-corrected chi connectivity index (χ2v) is 9.84. The molecule has 0 radical (unpaired) electrons. The van der Waals surface area contributed by atoms with Crippen molar-refractivity contribution >= 4 is 40.3 Å². The molecule has 0 spiro atoms. The lowest BCUT2D eigenvalue weighted by Crippen LogP contribution is -2.27. The Morgan fingerprint density at radius 3 is 2.18 bits per heavy atom. The fourth-order valence-corrected chi connectivity index (χ4v) is 4.77. The first-order valence-corrected chi connectivity index (χ1v) is 12.4. The van der Waals surface area contributed by atoms with Gasteiger partial charge < -0.3 is 9.47 Å². The molecule has 3 aromatic rings. The van der Waals surface area contributed by atoms with Gasteiger partial charge in [0.2, 0.25) is 0 Å². The molecule has 0 aliphatic carbocycles.